The number of likely N-dealkylation sites (tertiary alicyclic amines) is 1. The highest BCUT2D eigenvalue weighted by Crippen LogP contribution is 2.43. The van der Waals surface area contributed by atoms with Crippen molar-refractivity contribution in [3.05, 3.63) is 53.1 Å². The van der Waals surface area contributed by atoms with Crippen LogP contribution in [0.2, 0.25) is 0 Å². The van der Waals surface area contributed by atoms with Crippen LogP contribution in [0.4, 0.5) is 0 Å². The minimum Gasteiger partial charge on any atom is -0.490 e. The maximum Gasteiger partial charge on any atom is 0.311 e. The summed E-state index contributed by atoms with van der Waals surface area (Å²) in [5, 5.41) is 13.8. The number of methoxy groups -OCH3 is 1. The molecule has 0 spiro atoms. The number of nitriles is 1. The fraction of sp³-hybridized carbons (Fsp3) is 0.429. The van der Waals surface area contributed by atoms with Crippen molar-refractivity contribution in [2.24, 2.45) is 5.92 Å². The molecule has 1 saturated heterocycles. The number of carbonyl (C=O) groups is 1. The normalized spacial score (nSPS) is 17.0. The van der Waals surface area contributed by atoms with Gasteiger partial charge in [-0.1, -0.05) is 37.2 Å². The molecule has 0 radical (unpaired) electrons. The Morgan fingerprint density at radius 2 is 2.00 bits per heavy atom. The SMILES string of the molecule is CC.COC(=O)C1CN(C2CCc3c(-c4noc(-c5ccc(OC(C)C)c(C#N)c5)n4)cccc32)C1. The van der Waals surface area contributed by atoms with E-state index in [1.807, 2.05) is 45.9 Å². The molecule has 1 aliphatic heterocycles. The summed E-state index contributed by atoms with van der Waals surface area (Å²) in [4.78, 5) is 18.7. The summed E-state index contributed by atoms with van der Waals surface area (Å²) in [6.45, 7) is 9.29. The van der Waals surface area contributed by atoms with Crippen LogP contribution in [0.25, 0.3) is 22.8 Å². The lowest BCUT2D eigenvalue weighted by Gasteiger charge is -2.41. The highest BCUT2D eigenvalue weighted by molar-refractivity contribution is 5.74. The molecular formula is C28H32N4O4. The van der Waals surface area contributed by atoms with Crippen LogP contribution < -0.4 is 4.74 Å². The summed E-state index contributed by atoms with van der Waals surface area (Å²) < 4.78 is 16.1. The largest absolute Gasteiger partial charge is 0.490 e. The quantitative estimate of drug-likeness (QED) is 0.438. The van der Waals surface area contributed by atoms with E-state index in [1.165, 1.54) is 18.2 Å². The first-order valence-electron chi connectivity index (χ1n) is 12.5. The lowest BCUT2D eigenvalue weighted by Crippen LogP contribution is -2.51. The van der Waals surface area contributed by atoms with Gasteiger partial charge in [0.15, 0.2) is 0 Å². The molecule has 0 amide bonds. The molecule has 0 bridgehead atoms. The number of ether oxygens (including phenoxy) is 2. The topological polar surface area (TPSA) is 101 Å². The molecule has 1 atom stereocenters. The number of fused-ring (bicyclic) bond motifs is 1. The number of rotatable bonds is 6. The van der Waals surface area contributed by atoms with Gasteiger partial charge in [0.25, 0.3) is 5.89 Å². The standard InChI is InChI=1S/C26H26N4O4.C2H6/c1-15(2)33-23-10-7-16(11-17(23)12-27)25-28-24(29-34-25)21-6-4-5-20-19(21)8-9-22(20)30-13-18(14-30)26(31)32-3;1-2/h4-7,10-11,15,18,22H,8-9,13-14H2,1-3H3;1-2H3. The maximum absolute atomic E-state index is 11.8. The molecule has 1 aromatic heterocycles. The average Bonchev–Trinajstić information content (AvgIpc) is 3.52. The van der Waals surface area contributed by atoms with Gasteiger partial charge in [-0.15, -0.1) is 0 Å². The summed E-state index contributed by atoms with van der Waals surface area (Å²) in [6, 6.07) is 13.9. The van der Waals surface area contributed by atoms with E-state index in [4.69, 9.17) is 14.0 Å². The van der Waals surface area contributed by atoms with Crippen LogP contribution >= 0.6 is 0 Å². The van der Waals surface area contributed by atoms with Crippen molar-refractivity contribution in [1.82, 2.24) is 15.0 Å². The predicted octanol–water partition coefficient (Wildman–Crippen LogP) is 5.18. The number of carbonyl (C=O) groups excluding carboxylic acids is 1. The van der Waals surface area contributed by atoms with Crippen LogP contribution in [-0.2, 0) is 16.0 Å². The summed E-state index contributed by atoms with van der Waals surface area (Å²) in [6.07, 6.45) is 1.88. The molecule has 2 aromatic carbocycles. The van der Waals surface area contributed by atoms with Crippen molar-refractivity contribution < 1.29 is 18.8 Å². The minimum absolute atomic E-state index is 0.0282. The number of hydrogen-bond acceptors (Lipinski definition) is 8. The Kier molecular flexibility index (Phi) is 7.70. The molecule has 1 fully saturated rings. The number of nitrogens with zero attached hydrogens (tertiary/aromatic N) is 4. The average molecular weight is 489 g/mol. The number of aromatic nitrogens is 2. The van der Waals surface area contributed by atoms with E-state index in [1.54, 1.807) is 12.1 Å². The summed E-state index contributed by atoms with van der Waals surface area (Å²) >= 11 is 0. The van der Waals surface area contributed by atoms with Crippen LogP contribution in [-0.4, -0.2) is 47.3 Å². The molecule has 2 heterocycles. The van der Waals surface area contributed by atoms with Crippen molar-refractivity contribution in [1.29, 1.82) is 5.26 Å². The van der Waals surface area contributed by atoms with Gasteiger partial charge in [-0.3, -0.25) is 9.69 Å². The van der Waals surface area contributed by atoms with E-state index in [0.29, 0.717) is 28.6 Å². The van der Waals surface area contributed by atoms with Crippen molar-refractivity contribution in [3.63, 3.8) is 0 Å². The van der Waals surface area contributed by atoms with Crippen LogP contribution in [0.1, 0.15) is 56.8 Å². The van der Waals surface area contributed by atoms with Gasteiger partial charge in [0.05, 0.1) is 24.7 Å². The Labute approximate surface area is 211 Å². The number of benzene rings is 2. The Balaban J connectivity index is 0.00000148. The molecule has 1 aliphatic carbocycles. The van der Waals surface area contributed by atoms with Gasteiger partial charge in [0.2, 0.25) is 5.82 Å². The Hall–Kier alpha value is -3.70. The van der Waals surface area contributed by atoms with Gasteiger partial charge < -0.3 is 14.0 Å². The van der Waals surface area contributed by atoms with Crippen molar-refractivity contribution >= 4 is 5.97 Å². The first kappa shape index (κ1) is 25.4. The third kappa shape index (κ3) is 4.84. The van der Waals surface area contributed by atoms with Crippen LogP contribution in [0.15, 0.2) is 40.9 Å². The van der Waals surface area contributed by atoms with E-state index >= 15 is 0 Å². The second-order valence-corrected chi connectivity index (χ2v) is 9.01. The summed E-state index contributed by atoms with van der Waals surface area (Å²) in [7, 11) is 1.44. The zero-order chi connectivity index (χ0) is 25.8. The van der Waals surface area contributed by atoms with E-state index in [0.717, 1.165) is 31.5 Å². The van der Waals surface area contributed by atoms with E-state index in [2.05, 4.69) is 27.2 Å². The first-order valence-corrected chi connectivity index (χ1v) is 12.5. The van der Waals surface area contributed by atoms with Crippen LogP contribution in [0.3, 0.4) is 0 Å². The molecule has 188 valence electrons. The van der Waals surface area contributed by atoms with E-state index in [-0.39, 0.29) is 24.0 Å². The Bertz CT molecular complexity index is 1270. The van der Waals surface area contributed by atoms with Gasteiger partial charge in [-0.2, -0.15) is 10.2 Å². The van der Waals surface area contributed by atoms with Crippen LogP contribution in [0.5, 0.6) is 5.75 Å². The molecular weight excluding hydrogens is 456 g/mol. The predicted molar refractivity (Wildman–Crippen MR) is 135 cm³/mol. The molecule has 0 saturated carbocycles. The lowest BCUT2D eigenvalue weighted by molar-refractivity contribution is -0.152. The number of hydrogen-bond donors (Lipinski definition) is 0. The highest BCUT2D eigenvalue weighted by Gasteiger charge is 2.40. The maximum atomic E-state index is 11.8. The summed E-state index contributed by atoms with van der Waals surface area (Å²) in [5.74, 6) is 1.26. The molecule has 2 aliphatic rings. The molecule has 8 nitrogen and oxygen atoms in total. The van der Waals surface area contributed by atoms with Gasteiger partial charge in [0.1, 0.15) is 11.8 Å². The second-order valence-electron chi connectivity index (χ2n) is 9.01. The van der Waals surface area contributed by atoms with Gasteiger partial charge in [0, 0.05) is 30.3 Å². The molecule has 5 rings (SSSR count). The molecule has 3 aromatic rings. The second kappa shape index (κ2) is 10.9. The summed E-state index contributed by atoms with van der Waals surface area (Å²) in [5.41, 5.74) is 4.54. The van der Waals surface area contributed by atoms with E-state index in [9.17, 15) is 10.1 Å². The van der Waals surface area contributed by atoms with Crippen molar-refractivity contribution in [2.45, 2.75) is 52.7 Å². The third-order valence-electron chi connectivity index (χ3n) is 6.50. The highest BCUT2D eigenvalue weighted by atomic mass is 16.5. The molecule has 1 unspecified atom stereocenters. The Morgan fingerprint density at radius 3 is 2.69 bits per heavy atom. The Morgan fingerprint density at radius 1 is 1.22 bits per heavy atom. The third-order valence-corrected chi connectivity index (χ3v) is 6.50. The van der Waals surface area contributed by atoms with Crippen molar-refractivity contribution in [3.8, 4) is 34.7 Å². The monoisotopic (exact) mass is 488 g/mol. The molecule has 8 heteroatoms. The number of esters is 1. The van der Waals surface area contributed by atoms with Gasteiger partial charge in [-0.05, 0) is 56.0 Å². The fourth-order valence-electron chi connectivity index (χ4n) is 4.86. The van der Waals surface area contributed by atoms with Gasteiger partial charge >= 0.3 is 5.97 Å². The minimum atomic E-state index is -0.133. The molecule has 0 N–H and O–H groups in total. The smallest absolute Gasteiger partial charge is 0.311 e. The van der Waals surface area contributed by atoms with Gasteiger partial charge in [-0.25, -0.2) is 0 Å². The first-order chi connectivity index (χ1) is 17.5. The van der Waals surface area contributed by atoms with E-state index < -0.39 is 0 Å². The lowest BCUT2D eigenvalue weighted by atomic mass is 9.94. The molecule has 36 heavy (non-hydrogen) atoms. The van der Waals surface area contributed by atoms with Crippen LogP contribution in [0, 0.1) is 17.2 Å². The fourth-order valence-corrected chi connectivity index (χ4v) is 4.86. The zero-order valence-corrected chi connectivity index (χ0v) is 21.4. The van der Waals surface area contributed by atoms with Crippen molar-refractivity contribution in [2.75, 3.05) is 20.2 Å². The zero-order valence-electron chi connectivity index (χ0n) is 21.4.